The van der Waals surface area contributed by atoms with Crippen molar-refractivity contribution in [2.75, 3.05) is 5.32 Å². The fourth-order valence-corrected chi connectivity index (χ4v) is 3.68. The van der Waals surface area contributed by atoms with Crippen molar-refractivity contribution in [3.8, 4) is 0 Å². The molecular formula is C15H21N3S. The zero-order valence-corrected chi connectivity index (χ0v) is 12.2. The summed E-state index contributed by atoms with van der Waals surface area (Å²) in [4.78, 5) is 5.92. The summed E-state index contributed by atoms with van der Waals surface area (Å²) in [7, 11) is 0. The summed E-state index contributed by atoms with van der Waals surface area (Å²) in [6.07, 6.45) is 10.3. The summed E-state index contributed by atoms with van der Waals surface area (Å²) in [6, 6.07) is 5.40. The number of anilines is 1. The van der Waals surface area contributed by atoms with Crippen molar-refractivity contribution in [1.82, 2.24) is 9.55 Å². The van der Waals surface area contributed by atoms with E-state index in [-0.39, 0.29) is 0 Å². The SMILES string of the molecule is CC(Cc1cccs1)n1ccnc1NC1CCCC1. The molecule has 4 heteroatoms. The van der Waals surface area contributed by atoms with E-state index in [0.29, 0.717) is 12.1 Å². The molecule has 19 heavy (non-hydrogen) atoms. The van der Waals surface area contributed by atoms with E-state index >= 15 is 0 Å². The van der Waals surface area contributed by atoms with Crippen LogP contribution in [0.15, 0.2) is 29.9 Å². The van der Waals surface area contributed by atoms with E-state index in [9.17, 15) is 0 Å². The molecule has 2 aromatic rings. The molecule has 2 heterocycles. The highest BCUT2D eigenvalue weighted by molar-refractivity contribution is 7.09. The van der Waals surface area contributed by atoms with Crippen LogP contribution in [0.4, 0.5) is 5.95 Å². The Morgan fingerprint density at radius 1 is 1.47 bits per heavy atom. The lowest BCUT2D eigenvalue weighted by Gasteiger charge is -2.19. The molecule has 0 spiro atoms. The minimum absolute atomic E-state index is 0.449. The number of aromatic nitrogens is 2. The third kappa shape index (κ3) is 3.00. The first kappa shape index (κ1) is 12.7. The quantitative estimate of drug-likeness (QED) is 0.890. The number of hydrogen-bond acceptors (Lipinski definition) is 3. The average molecular weight is 275 g/mol. The average Bonchev–Trinajstić information content (AvgIpc) is 3.10. The van der Waals surface area contributed by atoms with Gasteiger partial charge >= 0.3 is 0 Å². The lowest BCUT2D eigenvalue weighted by Crippen LogP contribution is -2.19. The second-order valence-corrected chi connectivity index (χ2v) is 6.45. The maximum absolute atomic E-state index is 4.49. The largest absolute Gasteiger partial charge is 0.353 e. The van der Waals surface area contributed by atoms with Gasteiger partial charge in [-0.25, -0.2) is 4.98 Å². The first-order chi connectivity index (χ1) is 9.33. The Morgan fingerprint density at radius 3 is 3.05 bits per heavy atom. The molecule has 0 amide bonds. The van der Waals surface area contributed by atoms with Crippen molar-refractivity contribution < 1.29 is 0 Å². The van der Waals surface area contributed by atoms with Crippen molar-refractivity contribution in [2.24, 2.45) is 0 Å². The molecule has 3 rings (SSSR count). The number of thiophene rings is 1. The second kappa shape index (κ2) is 5.78. The van der Waals surface area contributed by atoms with Crippen LogP contribution in [-0.4, -0.2) is 15.6 Å². The van der Waals surface area contributed by atoms with Crippen LogP contribution in [0.2, 0.25) is 0 Å². The number of hydrogen-bond donors (Lipinski definition) is 1. The summed E-state index contributed by atoms with van der Waals surface area (Å²) < 4.78 is 2.28. The van der Waals surface area contributed by atoms with Gasteiger partial charge in [-0.3, -0.25) is 0 Å². The molecule has 2 aromatic heterocycles. The molecule has 1 atom stereocenters. The Balaban J connectivity index is 1.68. The maximum Gasteiger partial charge on any atom is 0.203 e. The van der Waals surface area contributed by atoms with Gasteiger partial charge in [0, 0.05) is 35.8 Å². The van der Waals surface area contributed by atoms with Crippen molar-refractivity contribution in [3.63, 3.8) is 0 Å². The van der Waals surface area contributed by atoms with Gasteiger partial charge in [-0.05, 0) is 31.2 Å². The Labute approximate surface area is 118 Å². The molecule has 1 aliphatic carbocycles. The molecule has 1 saturated carbocycles. The third-order valence-electron chi connectivity index (χ3n) is 3.91. The molecular weight excluding hydrogens is 254 g/mol. The highest BCUT2D eigenvalue weighted by Gasteiger charge is 2.18. The summed E-state index contributed by atoms with van der Waals surface area (Å²) >= 11 is 1.83. The monoisotopic (exact) mass is 275 g/mol. The van der Waals surface area contributed by atoms with Crippen molar-refractivity contribution in [3.05, 3.63) is 34.8 Å². The second-order valence-electron chi connectivity index (χ2n) is 5.42. The maximum atomic E-state index is 4.49. The summed E-state index contributed by atoms with van der Waals surface area (Å²) in [6.45, 7) is 2.27. The van der Waals surface area contributed by atoms with Gasteiger partial charge in [-0.2, -0.15) is 0 Å². The normalized spacial score (nSPS) is 17.7. The van der Waals surface area contributed by atoms with Gasteiger partial charge in [0.05, 0.1) is 0 Å². The molecule has 102 valence electrons. The van der Waals surface area contributed by atoms with Crippen LogP contribution >= 0.6 is 11.3 Å². The molecule has 1 fully saturated rings. The minimum Gasteiger partial charge on any atom is -0.353 e. The third-order valence-corrected chi connectivity index (χ3v) is 4.81. The zero-order chi connectivity index (χ0) is 13.1. The predicted octanol–water partition coefficient (Wildman–Crippen LogP) is 4.10. The van der Waals surface area contributed by atoms with Crippen LogP contribution in [0, 0.1) is 0 Å². The summed E-state index contributed by atoms with van der Waals surface area (Å²) in [5, 5.41) is 5.75. The van der Waals surface area contributed by atoms with E-state index < -0.39 is 0 Å². The van der Waals surface area contributed by atoms with E-state index in [2.05, 4.69) is 45.5 Å². The van der Waals surface area contributed by atoms with Crippen LogP contribution in [-0.2, 0) is 6.42 Å². The first-order valence-corrected chi connectivity index (χ1v) is 8.02. The molecule has 0 bridgehead atoms. The van der Waals surface area contributed by atoms with E-state index in [1.54, 1.807) is 0 Å². The van der Waals surface area contributed by atoms with Crippen LogP contribution < -0.4 is 5.32 Å². The van der Waals surface area contributed by atoms with Gasteiger partial charge in [0.15, 0.2) is 0 Å². The van der Waals surface area contributed by atoms with Crippen molar-refractivity contribution in [1.29, 1.82) is 0 Å². The lowest BCUT2D eigenvalue weighted by molar-refractivity contribution is 0.548. The highest BCUT2D eigenvalue weighted by atomic mass is 32.1. The fourth-order valence-electron chi connectivity index (χ4n) is 2.85. The predicted molar refractivity (Wildman–Crippen MR) is 80.8 cm³/mol. The van der Waals surface area contributed by atoms with E-state index in [1.165, 1.54) is 30.6 Å². The number of nitrogens with one attached hydrogen (secondary N) is 1. The first-order valence-electron chi connectivity index (χ1n) is 7.14. The van der Waals surface area contributed by atoms with E-state index in [0.717, 1.165) is 12.4 Å². The minimum atomic E-state index is 0.449. The van der Waals surface area contributed by atoms with Gasteiger partial charge in [-0.1, -0.05) is 18.9 Å². The van der Waals surface area contributed by atoms with Gasteiger partial charge < -0.3 is 9.88 Å². The van der Waals surface area contributed by atoms with Crippen LogP contribution in [0.25, 0.3) is 0 Å². The number of imidazole rings is 1. The Morgan fingerprint density at radius 2 is 2.32 bits per heavy atom. The number of rotatable bonds is 5. The molecule has 1 unspecified atom stereocenters. The van der Waals surface area contributed by atoms with Gasteiger partial charge in [0.2, 0.25) is 5.95 Å². The van der Waals surface area contributed by atoms with E-state index in [1.807, 2.05) is 17.5 Å². The standard InChI is InChI=1S/C15H21N3S/c1-12(11-14-7-4-10-19-14)18-9-8-16-15(18)17-13-5-2-3-6-13/h4,7-10,12-13H,2-3,5-6,11H2,1H3,(H,16,17). The summed E-state index contributed by atoms with van der Waals surface area (Å²) in [5.74, 6) is 1.04. The highest BCUT2D eigenvalue weighted by Crippen LogP contribution is 2.25. The van der Waals surface area contributed by atoms with Crippen molar-refractivity contribution in [2.45, 2.75) is 51.1 Å². The van der Waals surface area contributed by atoms with Crippen LogP contribution in [0.5, 0.6) is 0 Å². The topological polar surface area (TPSA) is 29.9 Å². The molecule has 1 N–H and O–H groups in total. The van der Waals surface area contributed by atoms with Gasteiger partial charge in [-0.15, -0.1) is 11.3 Å². The molecule has 0 radical (unpaired) electrons. The van der Waals surface area contributed by atoms with Gasteiger partial charge in [0.1, 0.15) is 0 Å². The number of nitrogens with zero attached hydrogens (tertiary/aromatic N) is 2. The Bertz CT molecular complexity index is 497. The fraction of sp³-hybridized carbons (Fsp3) is 0.533. The van der Waals surface area contributed by atoms with Crippen LogP contribution in [0.1, 0.15) is 43.5 Å². The molecule has 3 nitrogen and oxygen atoms in total. The lowest BCUT2D eigenvalue weighted by atomic mass is 10.2. The zero-order valence-electron chi connectivity index (χ0n) is 11.4. The molecule has 0 aliphatic heterocycles. The molecule has 0 saturated heterocycles. The van der Waals surface area contributed by atoms with Gasteiger partial charge in [0.25, 0.3) is 0 Å². The molecule has 0 aromatic carbocycles. The summed E-state index contributed by atoms with van der Waals surface area (Å²) in [5.41, 5.74) is 0. The van der Waals surface area contributed by atoms with E-state index in [4.69, 9.17) is 0 Å². The van der Waals surface area contributed by atoms with Crippen molar-refractivity contribution >= 4 is 17.3 Å². The smallest absolute Gasteiger partial charge is 0.203 e. The Hall–Kier alpha value is -1.29. The van der Waals surface area contributed by atoms with Crippen LogP contribution in [0.3, 0.4) is 0 Å². The Kier molecular flexibility index (Phi) is 3.87. The molecule has 1 aliphatic rings.